The van der Waals surface area contributed by atoms with E-state index in [2.05, 4.69) is 11.8 Å². The van der Waals surface area contributed by atoms with Gasteiger partial charge in [-0.25, -0.2) is 0 Å². The SMILES string of the molecule is CCC(=O)c1ccc(N2CCC(C)C2CO)cc1. The van der Waals surface area contributed by atoms with Crippen LogP contribution in [-0.2, 0) is 0 Å². The van der Waals surface area contributed by atoms with Gasteiger partial charge in [0.15, 0.2) is 5.78 Å². The van der Waals surface area contributed by atoms with Crippen LogP contribution in [0.25, 0.3) is 0 Å². The Bertz CT molecular complexity index is 413. The molecule has 1 heterocycles. The van der Waals surface area contributed by atoms with Crippen molar-refractivity contribution < 1.29 is 9.90 Å². The third-order valence-corrected chi connectivity index (χ3v) is 3.91. The molecule has 2 unspecified atom stereocenters. The van der Waals surface area contributed by atoms with Crippen molar-refractivity contribution >= 4 is 11.5 Å². The molecule has 1 aromatic carbocycles. The van der Waals surface area contributed by atoms with Crippen LogP contribution in [-0.4, -0.2) is 30.1 Å². The molecule has 0 aliphatic carbocycles. The maximum Gasteiger partial charge on any atom is 0.162 e. The second kappa shape index (κ2) is 5.53. The number of Topliss-reactive ketones (excluding diaryl/α,β-unsaturated/α-hetero) is 1. The smallest absolute Gasteiger partial charge is 0.162 e. The van der Waals surface area contributed by atoms with E-state index in [0.29, 0.717) is 12.3 Å². The van der Waals surface area contributed by atoms with Crippen LogP contribution in [0.3, 0.4) is 0 Å². The fourth-order valence-corrected chi connectivity index (χ4v) is 2.65. The number of hydrogen-bond donors (Lipinski definition) is 1. The van der Waals surface area contributed by atoms with Crippen LogP contribution in [0.15, 0.2) is 24.3 Å². The molecule has 0 saturated carbocycles. The third-order valence-electron chi connectivity index (χ3n) is 3.91. The maximum atomic E-state index is 11.6. The number of rotatable bonds is 4. The van der Waals surface area contributed by atoms with Gasteiger partial charge < -0.3 is 10.0 Å². The largest absolute Gasteiger partial charge is 0.394 e. The van der Waals surface area contributed by atoms with Gasteiger partial charge in [-0.2, -0.15) is 0 Å². The van der Waals surface area contributed by atoms with Crippen molar-refractivity contribution in [1.82, 2.24) is 0 Å². The summed E-state index contributed by atoms with van der Waals surface area (Å²) in [6, 6.07) is 7.96. The molecule has 0 spiro atoms. The van der Waals surface area contributed by atoms with E-state index in [-0.39, 0.29) is 18.4 Å². The predicted octanol–water partition coefficient (Wildman–Crippen LogP) is 2.49. The van der Waals surface area contributed by atoms with Gasteiger partial charge in [0, 0.05) is 24.2 Å². The average molecular weight is 247 g/mol. The summed E-state index contributed by atoms with van der Waals surface area (Å²) in [5.74, 6) is 0.696. The van der Waals surface area contributed by atoms with Crippen molar-refractivity contribution in [2.24, 2.45) is 5.92 Å². The molecular weight excluding hydrogens is 226 g/mol. The minimum atomic E-state index is 0.176. The molecule has 1 N–H and O–H groups in total. The molecule has 1 fully saturated rings. The van der Waals surface area contributed by atoms with Crippen molar-refractivity contribution in [2.75, 3.05) is 18.1 Å². The van der Waals surface area contributed by atoms with Crippen molar-refractivity contribution in [1.29, 1.82) is 0 Å². The van der Waals surface area contributed by atoms with Gasteiger partial charge in [-0.3, -0.25) is 4.79 Å². The monoisotopic (exact) mass is 247 g/mol. The summed E-state index contributed by atoms with van der Waals surface area (Å²) in [7, 11) is 0. The highest BCUT2D eigenvalue weighted by molar-refractivity contribution is 5.96. The lowest BCUT2D eigenvalue weighted by atomic mass is 10.0. The summed E-state index contributed by atoms with van der Waals surface area (Å²) in [6.45, 7) is 5.22. The molecular formula is C15H21NO2. The van der Waals surface area contributed by atoms with Gasteiger partial charge in [0.05, 0.1) is 12.6 Å². The first-order chi connectivity index (χ1) is 8.67. The number of aliphatic hydroxyl groups is 1. The summed E-state index contributed by atoms with van der Waals surface area (Å²) in [5, 5.41) is 9.45. The number of hydrogen-bond acceptors (Lipinski definition) is 3. The number of ketones is 1. The molecule has 98 valence electrons. The standard InChI is InChI=1S/C15H21NO2/c1-3-15(18)12-4-6-13(7-5-12)16-9-8-11(2)14(16)10-17/h4-7,11,14,17H,3,8-10H2,1-2H3. The molecule has 1 aliphatic rings. The Morgan fingerprint density at radius 2 is 2.06 bits per heavy atom. The Morgan fingerprint density at radius 3 is 2.61 bits per heavy atom. The first-order valence-electron chi connectivity index (χ1n) is 6.68. The Hall–Kier alpha value is -1.35. The van der Waals surface area contributed by atoms with Crippen LogP contribution in [0.5, 0.6) is 0 Å². The molecule has 0 aromatic heterocycles. The van der Waals surface area contributed by atoms with E-state index in [1.807, 2.05) is 31.2 Å². The number of benzene rings is 1. The van der Waals surface area contributed by atoms with Gasteiger partial charge in [0.2, 0.25) is 0 Å². The van der Waals surface area contributed by atoms with E-state index in [9.17, 15) is 9.90 Å². The van der Waals surface area contributed by atoms with E-state index in [1.54, 1.807) is 0 Å². The summed E-state index contributed by atoms with van der Waals surface area (Å²) in [5.41, 5.74) is 1.88. The van der Waals surface area contributed by atoms with E-state index >= 15 is 0 Å². The predicted molar refractivity (Wildman–Crippen MR) is 73.1 cm³/mol. The second-order valence-electron chi connectivity index (χ2n) is 5.03. The Kier molecular flexibility index (Phi) is 4.02. The molecule has 1 aromatic rings. The summed E-state index contributed by atoms with van der Waals surface area (Å²) in [6.07, 6.45) is 1.65. The van der Waals surface area contributed by atoms with Crippen molar-refractivity contribution in [2.45, 2.75) is 32.7 Å². The fourth-order valence-electron chi connectivity index (χ4n) is 2.65. The minimum Gasteiger partial charge on any atom is -0.394 e. The Morgan fingerprint density at radius 1 is 1.39 bits per heavy atom. The lowest BCUT2D eigenvalue weighted by molar-refractivity contribution is 0.0988. The van der Waals surface area contributed by atoms with Gasteiger partial charge >= 0.3 is 0 Å². The molecule has 3 heteroatoms. The number of carbonyl (C=O) groups excluding carboxylic acids is 1. The van der Waals surface area contributed by atoms with Crippen LogP contribution < -0.4 is 4.90 Å². The molecule has 0 amide bonds. The van der Waals surface area contributed by atoms with Gasteiger partial charge in [-0.1, -0.05) is 13.8 Å². The Balaban J connectivity index is 2.17. The molecule has 0 radical (unpaired) electrons. The molecule has 1 aliphatic heterocycles. The highest BCUT2D eigenvalue weighted by atomic mass is 16.3. The number of carbonyl (C=O) groups is 1. The van der Waals surface area contributed by atoms with Crippen molar-refractivity contribution in [3.05, 3.63) is 29.8 Å². The molecule has 3 nitrogen and oxygen atoms in total. The lowest BCUT2D eigenvalue weighted by Gasteiger charge is -2.27. The highest BCUT2D eigenvalue weighted by Crippen LogP contribution is 2.29. The van der Waals surface area contributed by atoms with Gasteiger partial charge in [0.25, 0.3) is 0 Å². The maximum absolute atomic E-state index is 11.6. The second-order valence-corrected chi connectivity index (χ2v) is 5.03. The van der Waals surface area contributed by atoms with E-state index in [1.165, 1.54) is 0 Å². The molecule has 18 heavy (non-hydrogen) atoms. The fraction of sp³-hybridized carbons (Fsp3) is 0.533. The number of aliphatic hydroxyl groups excluding tert-OH is 1. The normalized spacial score (nSPS) is 23.4. The molecule has 2 atom stereocenters. The first-order valence-corrected chi connectivity index (χ1v) is 6.68. The van der Waals surface area contributed by atoms with E-state index < -0.39 is 0 Å². The molecule has 1 saturated heterocycles. The van der Waals surface area contributed by atoms with Crippen LogP contribution >= 0.6 is 0 Å². The summed E-state index contributed by atoms with van der Waals surface area (Å²) in [4.78, 5) is 13.8. The zero-order valence-electron chi connectivity index (χ0n) is 11.1. The Labute approximate surface area is 108 Å². The van der Waals surface area contributed by atoms with Gasteiger partial charge in [-0.15, -0.1) is 0 Å². The zero-order chi connectivity index (χ0) is 13.1. The summed E-state index contributed by atoms with van der Waals surface area (Å²) < 4.78 is 0. The van der Waals surface area contributed by atoms with Crippen molar-refractivity contribution in [3.8, 4) is 0 Å². The zero-order valence-corrected chi connectivity index (χ0v) is 11.1. The van der Waals surface area contributed by atoms with E-state index in [0.717, 1.165) is 24.2 Å². The lowest BCUT2D eigenvalue weighted by Crippen LogP contribution is -2.35. The average Bonchev–Trinajstić information content (AvgIpc) is 2.79. The third kappa shape index (κ3) is 2.41. The number of nitrogens with zero attached hydrogens (tertiary/aromatic N) is 1. The first kappa shape index (κ1) is 13.1. The number of anilines is 1. The molecule has 2 rings (SSSR count). The van der Waals surface area contributed by atoms with Crippen LogP contribution in [0.4, 0.5) is 5.69 Å². The van der Waals surface area contributed by atoms with Crippen LogP contribution in [0.2, 0.25) is 0 Å². The quantitative estimate of drug-likeness (QED) is 0.831. The summed E-state index contributed by atoms with van der Waals surface area (Å²) >= 11 is 0. The highest BCUT2D eigenvalue weighted by Gasteiger charge is 2.30. The minimum absolute atomic E-state index is 0.176. The van der Waals surface area contributed by atoms with Crippen LogP contribution in [0, 0.1) is 5.92 Å². The molecule has 0 bridgehead atoms. The van der Waals surface area contributed by atoms with Gasteiger partial charge in [-0.05, 0) is 36.6 Å². The van der Waals surface area contributed by atoms with Crippen LogP contribution in [0.1, 0.15) is 37.0 Å². The van der Waals surface area contributed by atoms with E-state index in [4.69, 9.17) is 0 Å². The van der Waals surface area contributed by atoms with Gasteiger partial charge in [0.1, 0.15) is 0 Å². The topological polar surface area (TPSA) is 40.5 Å². The van der Waals surface area contributed by atoms with Crippen molar-refractivity contribution in [3.63, 3.8) is 0 Å².